The van der Waals surface area contributed by atoms with Crippen LogP contribution in [0, 0.1) is 23.3 Å². The maximum Gasteiger partial charge on any atom is 0.178 e. The van der Waals surface area contributed by atoms with Crippen LogP contribution in [0.1, 0.15) is 5.56 Å². The fourth-order valence-electron chi connectivity index (χ4n) is 1.53. The molecule has 2 rings (SSSR count). The molecule has 0 bridgehead atoms. The molecule has 2 aromatic rings. The average Bonchev–Trinajstić information content (AvgIpc) is 2.41. The van der Waals surface area contributed by atoms with Crippen molar-refractivity contribution in [3.05, 3.63) is 53.1 Å². The number of hydrogen-bond acceptors (Lipinski definition) is 4. The number of nitrogens with one attached hydrogen (secondary N) is 2. The van der Waals surface area contributed by atoms with E-state index in [0.717, 1.165) is 12.1 Å². The Labute approximate surface area is 111 Å². The molecule has 106 valence electrons. The van der Waals surface area contributed by atoms with Gasteiger partial charge in [0.1, 0.15) is 0 Å². The number of pyridine rings is 1. The molecule has 0 spiro atoms. The second-order valence-corrected chi connectivity index (χ2v) is 3.90. The highest BCUT2D eigenvalue weighted by atomic mass is 19.2. The molecule has 1 heterocycles. The zero-order valence-electron chi connectivity index (χ0n) is 10.1. The maximum atomic E-state index is 13.4. The number of halogens is 4. The Kier molecular flexibility index (Phi) is 4.04. The van der Waals surface area contributed by atoms with E-state index in [1.807, 2.05) is 5.43 Å². The van der Waals surface area contributed by atoms with E-state index in [1.54, 1.807) is 0 Å². The summed E-state index contributed by atoms with van der Waals surface area (Å²) in [5.41, 5.74) is 2.35. The quantitative estimate of drug-likeness (QED) is 0.459. The number of hydrogen-bond donors (Lipinski definition) is 3. The normalized spacial score (nSPS) is 10.4. The largest absolute Gasteiger partial charge is 0.363 e. The van der Waals surface area contributed by atoms with Crippen molar-refractivity contribution in [2.45, 2.75) is 6.54 Å². The van der Waals surface area contributed by atoms with Crippen LogP contribution in [-0.2, 0) is 6.54 Å². The zero-order chi connectivity index (χ0) is 14.7. The minimum absolute atomic E-state index is 0.0171. The molecule has 0 fully saturated rings. The molecule has 0 amide bonds. The molecule has 0 aliphatic rings. The Morgan fingerprint density at radius 2 is 1.60 bits per heavy atom. The lowest BCUT2D eigenvalue weighted by Crippen LogP contribution is -2.13. The number of benzene rings is 1. The lowest BCUT2D eigenvalue weighted by atomic mass is 10.2. The van der Waals surface area contributed by atoms with Crippen molar-refractivity contribution in [3.63, 3.8) is 0 Å². The number of nitrogen functional groups attached to an aromatic ring is 1. The number of anilines is 2. The highest BCUT2D eigenvalue weighted by molar-refractivity contribution is 5.47. The Morgan fingerprint density at radius 3 is 2.25 bits per heavy atom. The van der Waals surface area contributed by atoms with Crippen LogP contribution in [0.25, 0.3) is 0 Å². The summed E-state index contributed by atoms with van der Waals surface area (Å²) in [5.74, 6) is 0.567. The van der Waals surface area contributed by atoms with E-state index < -0.39 is 23.3 Å². The van der Waals surface area contributed by atoms with Crippen LogP contribution in [0.4, 0.5) is 29.2 Å². The fourth-order valence-corrected chi connectivity index (χ4v) is 1.53. The second-order valence-electron chi connectivity index (χ2n) is 3.90. The Bertz CT molecular complexity index is 633. The van der Waals surface area contributed by atoms with Crippen LogP contribution in [-0.4, -0.2) is 4.98 Å². The van der Waals surface area contributed by atoms with Gasteiger partial charge in [-0.1, -0.05) is 6.07 Å². The van der Waals surface area contributed by atoms with Crippen LogP contribution in [0.15, 0.2) is 24.3 Å². The first-order valence-corrected chi connectivity index (χ1v) is 5.51. The van der Waals surface area contributed by atoms with Gasteiger partial charge in [0.15, 0.2) is 34.9 Å². The smallest absolute Gasteiger partial charge is 0.178 e. The Morgan fingerprint density at radius 1 is 0.900 bits per heavy atom. The molecule has 4 nitrogen and oxygen atoms in total. The van der Waals surface area contributed by atoms with Crippen molar-refractivity contribution in [1.82, 2.24) is 4.98 Å². The Hall–Kier alpha value is -2.35. The van der Waals surface area contributed by atoms with E-state index in [9.17, 15) is 17.6 Å². The Balaban J connectivity index is 2.16. The predicted molar refractivity (Wildman–Crippen MR) is 65.6 cm³/mol. The van der Waals surface area contributed by atoms with Crippen molar-refractivity contribution in [2.24, 2.45) is 5.84 Å². The van der Waals surface area contributed by atoms with Crippen molar-refractivity contribution in [1.29, 1.82) is 0 Å². The zero-order valence-corrected chi connectivity index (χ0v) is 10.1. The third-order valence-electron chi connectivity index (χ3n) is 2.51. The summed E-state index contributed by atoms with van der Waals surface area (Å²) in [4.78, 5) is 3.58. The van der Waals surface area contributed by atoms with Gasteiger partial charge in [0, 0.05) is 12.6 Å². The van der Waals surface area contributed by atoms with Gasteiger partial charge in [-0.2, -0.15) is 0 Å². The molecular formula is C12H10F4N4. The molecule has 0 unspecified atom stereocenters. The van der Waals surface area contributed by atoms with Gasteiger partial charge < -0.3 is 10.7 Å². The van der Waals surface area contributed by atoms with E-state index >= 15 is 0 Å². The van der Waals surface area contributed by atoms with Crippen LogP contribution in [0.2, 0.25) is 0 Å². The van der Waals surface area contributed by atoms with Gasteiger partial charge in [0.05, 0.1) is 0 Å². The first-order valence-electron chi connectivity index (χ1n) is 5.51. The lowest BCUT2D eigenvalue weighted by Gasteiger charge is -2.09. The number of rotatable bonds is 4. The SMILES string of the molecule is NNc1nc(NCc2ccc(F)c(F)c2)c(F)cc1F. The summed E-state index contributed by atoms with van der Waals surface area (Å²) in [7, 11) is 0. The summed E-state index contributed by atoms with van der Waals surface area (Å²) in [5, 5.41) is 2.54. The summed E-state index contributed by atoms with van der Waals surface area (Å²) in [6, 6.07) is 3.85. The lowest BCUT2D eigenvalue weighted by molar-refractivity contribution is 0.507. The topological polar surface area (TPSA) is 63.0 Å². The fraction of sp³-hybridized carbons (Fsp3) is 0.0833. The molecule has 20 heavy (non-hydrogen) atoms. The molecule has 0 saturated heterocycles. The first-order chi connectivity index (χ1) is 9.51. The molecule has 0 aliphatic carbocycles. The summed E-state index contributed by atoms with van der Waals surface area (Å²) >= 11 is 0. The number of aromatic nitrogens is 1. The predicted octanol–water partition coefficient (Wildman–Crippen LogP) is 2.54. The number of nitrogens with zero attached hydrogens (tertiary/aromatic N) is 1. The third-order valence-corrected chi connectivity index (χ3v) is 2.51. The monoisotopic (exact) mass is 286 g/mol. The van der Waals surface area contributed by atoms with E-state index in [4.69, 9.17) is 5.84 Å². The average molecular weight is 286 g/mol. The van der Waals surface area contributed by atoms with Crippen molar-refractivity contribution in [2.75, 3.05) is 10.7 Å². The van der Waals surface area contributed by atoms with Crippen molar-refractivity contribution < 1.29 is 17.6 Å². The highest BCUT2D eigenvalue weighted by Gasteiger charge is 2.11. The summed E-state index contributed by atoms with van der Waals surface area (Å²) < 4.78 is 52.3. The standard InChI is InChI=1S/C12H10F4N4/c13-7-2-1-6(3-8(7)14)5-18-11-9(15)4-10(16)12(19-11)20-17/h1-4H,5,17H2,(H2,18,19,20). The van der Waals surface area contributed by atoms with Crippen molar-refractivity contribution in [3.8, 4) is 0 Å². The van der Waals surface area contributed by atoms with Gasteiger partial charge in [-0.15, -0.1) is 0 Å². The molecule has 1 aromatic carbocycles. The van der Waals surface area contributed by atoms with Crippen LogP contribution >= 0.6 is 0 Å². The van der Waals surface area contributed by atoms with Gasteiger partial charge in [0.2, 0.25) is 0 Å². The minimum Gasteiger partial charge on any atom is -0.363 e. The van der Waals surface area contributed by atoms with E-state index in [1.165, 1.54) is 6.07 Å². The van der Waals surface area contributed by atoms with Gasteiger partial charge in [0.25, 0.3) is 0 Å². The van der Waals surface area contributed by atoms with Gasteiger partial charge in [-0.05, 0) is 17.7 Å². The van der Waals surface area contributed by atoms with Gasteiger partial charge in [-0.3, -0.25) is 0 Å². The molecule has 0 radical (unpaired) electrons. The molecule has 4 N–H and O–H groups in total. The number of hydrazine groups is 1. The second kappa shape index (κ2) is 5.74. The van der Waals surface area contributed by atoms with Gasteiger partial charge >= 0.3 is 0 Å². The minimum atomic E-state index is -1.01. The molecule has 0 atom stereocenters. The molecule has 1 aromatic heterocycles. The van der Waals surface area contributed by atoms with E-state index in [-0.39, 0.29) is 18.2 Å². The third kappa shape index (κ3) is 2.97. The first kappa shape index (κ1) is 14.1. The molecule has 0 aliphatic heterocycles. The van der Waals surface area contributed by atoms with Gasteiger partial charge in [-0.25, -0.2) is 28.4 Å². The van der Waals surface area contributed by atoms with Crippen LogP contribution in [0.3, 0.4) is 0 Å². The number of nitrogens with two attached hydrogens (primary N) is 1. The van der Waals surface area contributed by atoms with Crippen LogP contribution in [0.5, 0.6) is 0 Å². The van der Waals surface area contributed by atoms with E-state index in [2.05, 4.69) is 10.3 Å². The summed E-state index contributed by atoms with van der Waals surface area (Å²) in [6.07, 6.45) is 0. The highest BCUT2D eigenvalue weighted by Crippen LogP contribution is 2.19. The molecule has 0 saturated carbocycles. The van der Waals surface area contributed by atoms with E-state index in [0.29, 0.717) is 11.6 Å². The summed E-state index contributed by atoms with van der Waals surface area (Å²) in [6.45, 7) is -0.0171. The molecular weight excluding hydrogens is 276 g/mol. The van der Waals surface area contributed by atoms with Crippen molar-refractivity contribution >= 4 is 11.6 Å². The maximum absolute atomic E-state index is 13.4. The van der Waals surface area contributed by atoms with Crippen LogP contribution < -0.4 is 16.6 Å². The molecule has 8 heteroatoms.